The molecule has 124 valence electrons. The van der Waals surface area contributed by atoms with Gasteiger partial charge >= 0.3 is 0 Å². The zero-order valence-corrected chi connectivity index (χ0v) is 13.1. The number of aromatic nitrogens is 1. The maximum atomic E-state index is 13.7. The number of rotatable bonds is 5. The number of hydrogen-bond acceptors (Lipinski definition) is 4. The molecular formula is C17H13ClF2N2O2. The van der Waals surface area contributed by atoms with Crippen molar-refractivity contribution in [3.05, 3.63) is 76.1 Å². The molecule has 3 rings (SSSR count). The van der Waals surface area contributed by atoms with Crippen molar-refractivity contribution >= 4 is 23.3 Å². The maximum Gasteiger partial charge on any atom is 0.299 e. The molecule has 0 saturated carbocycles. The fourth-order valence-corrected chi connectivity index (χ4v) is 2.44. The second-order valence-corrected chi connectivity index (χ2v) is 5.51. The SMILES string of the molecule is OCc1ccc(Nc2ncc(Cc3c(F)cccc3F)o2)cc1Cl. The standard InChI is InChI=1S/C17H13ClF2N2O2/c18-14-6-11(5-4-10(14)9-23)22-17-21-8-12(24-17)7-13-15(19)2-1-3-16(13)20/h1-6,8,23H,7,9H2,(H,21,22). The van der Waals surface area contributed by atoms with E-state index in [1.807, 2.05) is 0 Å². The molecule has 2 N–H and O–H groups in total. The van der Waals surface area contributed by atoms with Crippen LogP contribution in [-0.2, 0) is 13.0 Å². The van der Waals surface area contributed by atoms with Gasteiger partial charge in [0.25, 0.3) is 6.01 Å². The van der Waals surface area contributed by atoms with Crippen molar-refractivity contribution in [1.82, 2.24) is 4.98 Å². The van der Waals surface area contributed by atoms with Crippen LogP contribution in [0.4, 0.5) is 20.5 Å². The Kier molecular flexibility index (Phi) is 4.78. The smallest absolute Gasteiger partial charge is 0.299 e. The predicted octanol–water partition coefficient (Wildman–Crippen LogP) is 4.43. The second-order valence-electron chi connectivity index (χ2n) is 5.10. The van der Waals surface area contributed by atoms with Gasteiger partial charge in [-0.1, -0.05) is 23.7 Å². The fraction of sp³-hybridized carbons (Fsp3) is 0.118. The summed E-state index contributed by atoms with van der Waals surface area (Å²) in [7, 11) is 0. The molecule has 0 aliphatic carbocycles. The van der Waals surface area contributed by atoms with Crippen LogP contribution in [0.25, 0.3) is 0 Å². The normalized spacial score (nSPS) is 10.8. The van der Waals surface area contributed by atoms with Crippen molar-refractivity contribution in [1.29, 1.82) is 0 Å². The predicted molar refractivity (Wildman–Crippen MR) is 86.3 cm³/mol. The number of aliphatic hydroxyl groups is 1. The van der Waals surface area contributed by atoms with E-state index in [1.54, 1.807) is 18.2 Å². The lowest BCUT2D eigenvalue weighted by atomic mass is 10.1. The van der Waals surface area contributed by atoms with E-state index >= 15 is 0 Å². The van der Waals surface area contributed by atoms with E-state index in [4.69, 9.17) is 21.1 Å². The highest BCUT2D eigenvalue weighted by Gasteiger charge is 2.13. The minimum atomic E-state index is -0.632. The third-order valence-corrected chi connectivity index (χ3v) is 3.79. The molecular weight excluding hydrogens is 338 g/mol. The highest BCUT2D eigenvalue weighted by atomic mass is 35.5. The van der Waals surface area contributed by atoms with Crippen LogP contribution >= 0.6 is 11.6 Å². The van der Waals surface area contributed by atoms with E-state index < -0.39 is 11.6 Å². The molecule has 0 radical (unpaired) electrons. The number of benzene rings is 2. The number of oxazole rings is 1. The van der Waals surface area contributed by atoms with E-state index in [1.165, 1.54) is 24.4 Å². The Bertz CT molecular complexity index is 847. The van der Waals surface area contributed by atoms with Crippen molar-refractivity contribution in [3.8, 4) is 0 Å². The monoisotopic (exact) mass is 350 g/mol. The molecule has 0 amide bonds. The van der Waals surface area contributed by atoms with Gasteiger partial charge in [-0.15, -0.1) is 0 Å². The molecule has 4 nitrogen and oxygen atoms in total. The van der Waals surface area contributed by atoms with E-state index in [2.05, 4.69) is 10.3 Å². The van der Waals surface area contributed by atoms with Crippen LogP contribution < -0.4 is 5.32 Å². The Balaban J connectivity index is 1.75. The molecule has 0 aliphatic heterocycles. The third-order valence-electron chi connectivity index (χ3n) is 3.44. The van der Waals surface area contributed by atoms with Gasteiger partial charge in [0.15, 0.2) is 0 Å². The topological polar surface area (TPSA) is 58.3 Å². The summed E-state index contributed by atoms with van der Waals surface area (Å²) in [6.45, 7) is -0.156. The highest BCUT2D eigenvalue weighted by molar-refractivity contribution is 6.31. The Morgan fingerprint density at radius 1 is 1.17 bits per heavy atom. The van der Waals surface area contributed by atoms with Crippen molar-refractivity contribution in [3.63, 3.8) is 0 Å². The van der Waals surface area contributed by atoms with Crippen LogP contribution in [0.3, 0.4) is 0 Å². The van der Waals surface area contributed by atoms with E-state index in [-0.39, 0.29) is 24.6 Å². The summed E-state index contributed by atoms with van der Waals surface area (Å²) >= 11 is 6.01. The Labute approximate surface area is 141 Å². The summed E-state index contributed by atoms with van der Waals surface area (Å²) < 4.78 is 32.8. The third kappa shape index (κ3) is 3.55. The van der Waals surface area contributed by atoms with Gasteiger partial charge in [0.2, 0.25) is 0 Å². The van der Waals surface area contributed by atoms with Gasteiger partial charge in [-0.3, -0.25) is 0 Å². The Hall–Kier alpha value is -2.44. The number of anilines is 2. The molecule has 0 fully saturated rings. The molecule has 0 atom stereocenters. The van der Waals surface area contributed by atoms with Gasteiger partial charge in [0.1, 0.15) is 17.4 Å². The minimum Gasteiger partial charge on any atom is -0.428 e. The van der Waals surface area contributed by atoms with Crippen molar-refractivity contribution in [2.24, 2.45) is 0 Å². The fourth-order valence-electron chi connectivity index (χ4n) is 2.20. The summed E-state index contributed by atoms with van der Waals surface area (Å²) in [5, 5.41) is 12.4. The van der Waals surface area contributed by atoms with Crippen LogP contribution in [0, 0.1) is 11.6 Å². The van der Waals surface area contributed by atoms with Crippen LogP contribution in [0.15, 0.2) is 47.0 Å². The number of halogens is 3. The first-order chi connectivity index (χ1) is 11.6. The van der Waals surface area contributed by atoms with Crippen molar-refractivity contribution in [2.75, 3.05) is 5.32 Å². The number of nitrogens with one attached hydrogen (secondary N) is 1. The summed E-state index contributed by atoms with van der Waals surface area (Å²) in [5.74, 6) is -0.945. The molecule has 0 aliphatic rings. The van der Waals surface area contributed by atoms with Crippen molar-refractivity contribution < 1.29 is 18.3 Å². The molecule has 0 bridgehead atoms. The first-order valence-electron chi connectivity index (χ1n) is 7.10. The number of nitrogens with zero attached hydrogens (tertiary/aromatic N) is 1. The van der Waals surface area contributed by atoms with Crippen molar-refractivity contribution in [2.45, 2.75) is 13.0 Å². The molecule has 0 saturated heterocycles. The first kappa shape index (κ1) is 16.4. The molecule has 0 spiro atoms. The summed E-state index contributed by atoms with van der Waals surface area (Å²) in [6, 6.07) is 8.86. The van der Waals surface area contributed by atoms with Gasteiger partial charge in [-0.05, 0) is 29.8 Å². The zero-order valence-electron chi connectivity index (χ0n) is 12.4. The summed E-state index contributed by atoms with van der Waals surface area (Å²) in [5.41, 5.74) is 1.14. The zero-order chi connectivity index (χ0) is 17.1. The van der Waals surface area contributed by atoms with Crippen LogP contribution in [0.2, 0.25) is 5.02 Å². The van der Waals surface area contributed by atoms with Gasteiger partial charge in [-0.25, -0.2) is 13.8 Å². The average Bonchev–Trinajstić information content (AvgIpc) is 2.98. The second kappa shape index (κ2) is 6.98. The van der Waals surface area contributed by atoms with Gasteiger partial charge in [-0.2, -0.15) is 0 Å². The number of aliphatic hydroxyl groups excluding tert-OH is 1. The molecule has 1 heterocycles. The van der Waals surface area contributed by atoms with Gasteiger partial charge in [0.05, 0.1) is 12.8 Å². The van der Waals surface area contributed by atoms with E-state index in [0.29, 0.717) is 22.0 Å². The summed E-state index contributed by atoms with van der Waals surface area (Å²) in [4.78, 5) is 4.02. The molecule has 1 aromatic heterocycles. The first-order valence-corrected chi connectivity index (χ1v) is 7.48. The van der Waals surface area contributed by atoms with Gasteiger partial charge < -0.3 is 14.8 Å². The lowest BCUT2D eigenvalue weighted by Gasteiger charge is -2.05. The summed E-state index contributed by atoms with van der Waals surface area (Å²) in [6.07, 6.45) is 1.36. The lowest BCUT2D eigenvalue weighted by molar-refractivity contribution is 0.282. The largest absolute Gasteiger partial charge is 0.428 e. The highest BCUT2D eigenvalue weighted by Crippen LogP contribution is 2.25. The Morgan fingerprint density at radius 3 is 2.58 bits per heavy atom. The lowest BCUT2D eigenvalue weighted by Crippen LogP contribution is -1.96. The van der Waals surface area contributed by atoms with E-state index in [0.717, 1.165) is 0 Å². The van der Waals surface area contributed by atoms with Gasteiger partial charge in [0, 0.05) is 22.7 Å². The molecule has 2 aromatic carbocycles. The average molecular weight is 351 g/mol. The maximum absolute atomic E-state index is 13.7. The number of hydrogen-bond donors (Lipinski definition) is 2. The molecule has 24 heavy (non-hydrogen) atoms. The molecule has 3 aromatic rings. The van der Waals surface area contributed by atoms with E-state index in [9.17, 15) is 8.78 Å². The molecule has 0 unspecified atom stereocenters. The Morgan fingerprint density at radius 2 is 1.92 bits per heavy atom. The minimum absolute atomic E-state index is 0.0443. The van der Waals surface area contributed by atoms with Crippen LogP contribution in [0.5, 0.6) is 0 Å². The molecule has 7 heteroatoms. The van der Waals surface area contributed by atoms with Crippen LogP contribution in [0.1, 0.15) is 16.9 Å². The van der Waals surface area contributed by atoms with Crippen LogP contribution in [-0.4, -0.2) is 10.1 Å². The quantitative estimate of drug-likeness (QED) is 0.714.